The number of rotatable bonds is 4. The van der Waals surface area contributed by atoms with Crippen molar-refractivity contribution < 1.29 is 14.0 Å². The van der Waals surface area contributed by atoms with Crippen molar-refractivity contribution in [1.29, 1.82) is 0 Å². The number of aromatic nitrogens is 2. The zero-order chi connectivity index (χ0) is 17.7. The molecule has 0 atom stereocenters. The summed E-state index contributed by atoms with van der Waals surface area (Å²) in [6, 6.07) is 9.35. The van der Waals surface area contributed by atoms with Crippen molar-refractivity contribution in [1.82, 2.24) is 20.2 Å². The van der Waals surface area contributed by atoms with Crippen LogP contribution < -0.4 is 5.32 Å². The Morgan fingerprint density at radius 2 is 1.88 bits per heavy atom. The van der Waals surface area contributed by atoms with Crippen molar-refractivity contribution >= 4 is 11.8 Å². The van der Waals surface area contributed by atoms with E-state index in [1.807, 2.05) is 30.3 Å². The van der Waals surface area contributed by atoms with Gasteiger partial charge in [-0.2, -0.15) is 0 Å². The van der Waals surface area contributed by atoms with E-state index in [0.29, 0.717) is 0 Å². The summed E-state index contributed by atoms with van der Waals surface area (Å²) in [5, 5.41) is 2.65. The van der Waals surface area contributed by atoms with Gasteiger partial charge in [0.2, 0.25) is 0 Å². The van der Waals surface area contributed by atoms with Gasteiger partial charge in [-0.05, 0) is 5.56 Å². The first-order valence-electron chi connectivity index (χ1n) is 8.15. The second kappa shape index (κ2) is 7.38. The molecule has 3 rings (SSSR count). The Bertz CT molecular complexity index is 731. The summed E-state index contributed by atoms with van der Waals surface area (Å²) in [5.74, 6) is -0.914. The predicted molar refractivity (Wildman–Crippen MR) is 89.3 cm³/mol. The summed E-state index contributed by atoms with van der Waals surface area (Å²) < 4.78 is 14.9. The average molecular weight is 342 g/mol. The van der Waals surface area contributed by atoms with Crippen molar-refractivity contribution in [2.75, 3.05) is 13.1 Å². The number of halogens is 1. The maximum Gasteiger partial charge on any atom is 0.274 e. The van der Waals surface area contributed by atoms with Gasteiger partial charge in [0.25, 0.3) is 11.8 Å². The molecule has 130 valence electrons. The van der Waals surface area contributed by atoms with E-state index in [1.54, 1.807) is 0 Å². The molecule has 0 bridgehead atoms. The minimum absolute atomic E-state index is 0.0281. The molecule has 1 aromatic heterocycles. The number of benzene rings is 1. The maximum atomic E-state index is 14.9. The third-order valence-electron chi connectivity index (χ3n) is 4.33. The van der Waals surface area contributed by atoms with Gasteiger partial charge in [-0.1, -0.05) is 30.3 Å². The summed E-state index contributed by atoms with van der Waals surface area (Å²) in [6.07, 6.45) is 4.25. The number of nitrogens with one attached hydrogen (secondary N) is 1. The van der Waals surface area contributed by atoms with Crippen LogP contribution in [0.3, 0.4) is 0 Å². The van der Waals surface area contributed by atoms with Gasteiger partial charge in [0.1, 0.15) is 5.69 Å². The first-order valence-corrected chi connectivity index (χ1v) is 8.15. The van der Waals surface area contributed by atoms with Gasteiger partial charge in [0.05, 0.1) is 6.20 Å². The minimum atomic E-state index is -1.95. The Morgan fingerprint density at radius 3 is 2.52 bits per heavy atom. The average Bonchev–Trinajstić information content (AvgIpc) is 2.67. The number of alkyl halides is 1. The molecule has 1 aliphatic heterocycles. The Labute approximate surface area is 145 Å². The quantitative estimate of drug-likeness (QED) is 0.918. The van der Waals surface area contributed by atoms with Crippen LogP contribution in [-0.2, 0) is 11.3 Å². The molecule has 1 aliphatic rings. The SMILES string of the molecule is O=C(c1cnccn1)N1CCC(F)(C(=O)NCc2ccccc2)CC1. The number of carbonyl (C=O) groups is 2. The van der Waals surface area contributed by atoms with E-state index in [1.165, 1.54) is 23.5 Å². The normalized spacial score (nSPS) is 16.3. The summed E-state index contributed by atoms with van der Waals surface area (Å²) in [7, 11) is 0. The van der Waals surface area contributed by atoms with Crippen molar-refractivity contribution in [3.05, 3.63) is 60.2 Å². The smallest absolute Gasteiger partial charge is 0.274 e. The van der Waals surface area contributed by atoms with Crippen molar-refractivity contribution in [3.8, 4) is 0 Å². The fourth-order valence-electron chi connectivity index (χ4n) is 2.80. The molecule has 7 heteroatoms. The number of carbonyl (C=O) groups excluding carboxylic acids is 2. The second-order valence-electron chi connectivity index (χ2n) is 6.02. The zero-order valence-corrected chi connectivity index (χ0v) is 13.7. The highest BCUT2D eigenvalue weighted by Crippen LogP contribution is 2.27. The third kappa shape index (κ3) is 3.99. The molecule has 1 fully saturated rings. The van der Waals surface area contributed by atoms with Gasteiger partial charge >= 0.3 is 0 Å². The molecular formula is C18H19FN4O2. The number of amides is 2. The third-order valence-corrected chi connectivity index (χ3v) is 4.33. The fourth-order valence-corrected chi connectivity index (χ4v) is 2.80. The predicted octanol–water partition coefficient (Wildman–Crippen LogP) is 1.74. The highest BCUT2D eigenvalue weighted by atomic mass is 19.1. The van der Waals surface area contributed by atoms with Crippen molar-refractivity contribution in [2.45, 2.75) is 25.1 Å². The van der Waals surface area contributed by atoms with E-state index < -0.39 is 11.6 Å². The van der Waals surface area contributed by atoms with E-state index in [-0.39, 0.29) is 44.1 Å². The van der Waals surface area contributed by atoms with Crippen LogP contribution in [0.1, 0.15) is 28.9 Å². The molecule has 0 spiro atoms. The standard InChI is InChI=1S/C18H19FN4O2/c19-18(17(25)22-12-14-4-2-1-3-5-14)6-10-23(11-7-18)16(24)15-13-20-8-9-21-15/h1-5,8-9,13H,6-7,10-12H2,(H,22,25). The number of hydrogen-bond donors (Lipinski definition) is 1. The number of likely N-dealkylation sites (tertiary alicyclic amines) is 1. The van der Waals surface area contributed by atoms with Crippen molar-refractivity contribution in [2.24, 2.45) is 0 Å². The molecule has 0 radical (unpaired) electrons. The lowest BCUT2D eigenvalue weighted by Gasteiger charge is -2.35. The van der Waals surface area contributed by atoms with Crippen LogP contribution in [0.25, 0.3) is 0 Å². The number of piperidine rings is 1. The summed E-state index contributed by atoms with van der Waals surface area (Å²) in [5.41, 5.74) is -0.814. The molecule has 1 N–H and O–H groups in total. The van der Waals surface area contributed by atoms with E-state index in [0.717, 1.165) is 5.56 Å². The van der Waals surface area contributed by atoms with Crippen LogP contribution in [0.5, 0.6) is 0 Å². The lowest BCUT2D eigenvalue weighted by atomic mass is 9.92. The molecule has 1 aromatic carbocycles. The number of nitrogens with zero attached hydrogens (tertiary/aromatic N) is 3. The largest absolute Gasteiger partial charge is 0.349 e. The highest BCUT2D eigenvalue weighted by Gasteiger charge is 2.42. The Hall–Kier alpha value is -2.83. The topological polar surface area (TPSA) is 75.2 Å². The summed E-state index contributed by atoms with van der Waals surface area (Å²) >= 11 is 0. The minimum Gasteiger partial charge on any atom is -0.349 e. The van der Waals surface area contributed by atoms with Crippen molar-refractivity contribution in [3.63, 3.8) is 0 Å². The fraction of sp³-hybridized carbons (Fsp3) is 0.333. The second-order valence-corrected chi connectivity index (χ2v) is 6.02. The van der Waals surface area contributed by atoms with E-state index in [2.05, 4.69) is 15.3 Å². The molecule has 0 unspecified atom stereocenters. The Kier molecular flexibility index (Phi) is 5.02. The van der Waals surface area contributed by atoms with Gasteiger partial charge < -0.3 is 10.2 Å². The van der Waals surface area contributed by atoms with E-state index in [9.17, 15) is 14.0 Å². The van der Waals surface area contributed by atoms with Gasteiger partial charge in [0, 0.05) is 44.9 Å². The van der Waals surface area contributed by atoms with E-state index in [4.69, 9.17) is 0 Å². The van der Waals surface area contributed by atoms with Crippen LogP contribution in [0.2, 0.25) is 0 Å². The summed E-state index contributed by atoms with van der Waals surface area (Å²) in [4.78, 5) is 33.8. The van der Waals surface area contributed by atoms with Gasteiger partial charge in [-0.25, -0.2) is 9.37 Å². The van der Waals surface area contributed by atoms with E-state index >= 15 is 0 Å². The maximum absolute atomic E-state index is 14.9. The molecule has 0 saturated carbocycles. The van der Waals surface area contributed by atoms with Crippen LogP contribution in [0.4, 0.5) is 4.39 Å². The lowest BCUT2D eigenvalue weighted by Crippen LogP contribution is -2.52. The highest BCUT2D eigenvalue weighted by molar-refractivity contribution is 5.92. The lowest BCUT2D eigenvalue weighted by molar-refractivity contribution is -0.135. The summed E-state index contributed by atoms with van der Waals surface area (Å²) in [6.45, 7) is 0.628. The molecule has 2 heterocycles. The van der Waals surface area contributed by atoms with Gasteiger partial charge in [-0.3, -0.25) is 14.6 Å². The Balaban J connectivity index is 1.55. The van der Waals surface area contributed by atoms with Crippen LogP contribution in [0.15, 0.2) is 48.9 Å². The molecule has 2 aromatic rings. The van der Waals surface area contributed by atoms with Gasteiger partial charge in [0.15, 0.2) is 5.67 Å². The Morgan fingerprint density at radius 1 is 1.16 bits per heavy atom. The van der Waals surface area contributed by atoms with Gasteiger partial charge in [-0.15, -0.1) is 0 Å². The monoisotopic (exact) mass is 342 g/mol. The first-order chi connectivity index (χ1) is 12.1. The molecule has 2 amide bonds. The molecular weight excluding hydrogens is 323 g/mol. The number of hydrogen-bond acceptors (Lipinski definition) is 4. The van der Waals surface area contributed by atoms with Crippen LogP contribution >= 0.6 is 0 Å². The van der Waals surface area contributed by atoms with Crippen LogP contribution in [-0.4, -0.2) is 45.4 Å². The van der Waals surface area contributed by atoms with Crippen LogP contribution in [0, 0.1) is 0 Å². The first kappa shape index (κ1) is 17.0. The molecule has 6 nitrogen and oxygen atoms in total. The molecule has 0 aliphatic carbocycles. The molecule has 25 heavy (non-hydrogen) atoms. The zero-order valence-electron chi connectivity index (χ0n) is 13.7. The molecule has 1 saturated heterocycles.